The van der Waals surface area contributed by atoms with E-state index in [1.165, 1.54) is 28.6 Å². The molecule has 0 radical (unpaired) electrons. The second-order valence-corrected chi connectivity index (χ2v) is 10.8. The molecule has 3 aromatic rings. The van der Waals surface area contributed by atoms with Gasteiger partial charge in [-0.25, -0.2) is 12.8 Å². The van der Waals surface area contributed by atoms with Gasteiger partial charge in [0.2, 0.25) is 10.0 Å². The Morgan fingerprint density at radius 3 is 2.20 bits per heavy atom. The van der Waals surface area contributed by atoms with E-state index in [9.17, 15) is 17.6 Å². The van der Waals surface area contributed by atoms with Gasteiger partial charge in [-0.05, 0) is 61.9 Å². The smallest absolute Gasteiger partial charge is 0.254 e. The summed E-state index contributed by atoms with van der Waals surface area (Å²) in [5.74, 6) is -0.508. The third kappa shape index (κ3) is 5.71. The Morgan fingerprint density at radius 1 is 0.914 bits per heavy atom. The molecule has 0 bridgehead atoms. The van der Waals surface area contributed by atoms with E-state index in [0.29, 0.717) is 38.3 Å². The molecule has 0 unspecified atom stereocenters. The summed E-state index contributed by atoms with van der Waals surface area (Å²) in [6.45, 7) is 5.96. The van der Waals surface area contributed by atoms with Crippen LogP contribution in [0.15, 0.2) is 83.8 Å². The van der Waals surface area contributed by atoms with Gasteiger partial charge >= 0.3 is 0 Å². The number of sulfonamides is 1. The molecule has 1 aliphatic heterocycles. The van der Waals surface area contributed by atoms with Crippen molar-refractivity contribution in [2.24, 2.45) is 0 Å². The maximum Gasteiger partial charge on any atom is 0.254 e. The van der Waals surface area contributed by atoms with Crippen LogP contribution in [0.3, 0.4) is 0 Å². The first-order chi connectivity index (χ1) is 16.8. The molecule has 0 spiro atoms. The second-order valence-electron chi connectivity index (χ2n) is 8.91. The normalized spacial score (nSPS) is 14.8. The van der Waals surface area contributed by atoms with Gasteiger partial charge in [-0.3, -0.25) is 4.79 Å². The highest BCUT2D eigenvalue weighted by Crippen LogP contribution is 2.23. The Hall–Kier alpha value is -3.23. The molecule has 4 rings (SSSR count). The van der Waals surface area contributed by atoms with E-state index in [1.807, 2.05) is 49.1 Å². The van der Waals surface area contributed by atoms with Crippen molar-refractivity contribution in [2.75, 3.05) is 31.1 Å². The van der Waals surface area contributed by atoms with Gasteiger partial charge in [0.25, 0.3) is 5.91 Å². The summed E-state index contributed by atoms with van der Waals surface area (Å²) in [7, 11) is -3.76. The van der Waals surface area contributed by atoms with Crippen molar-refractivity contribution in [3.05, 3.63) is 95.8 Å². The molecule has 35 heavy (non-hydrogen) atoms. The molecule has 3 aromatic carbocycles. The van der Waals surface area contributed by atoms with Crippen molar-refractivity contribution in [1.82, 2.24) is 9.21 Å². The Labute approximate surface area is 206 Å². The van der Waals surface area contributed by atoms with E-state index < -0.39 is 10.0 Å². The van der Waals surface area contributed by atoms with Gasteiger partial charge in [-0.2, -0.15) is 4.31 Å². The first-order valence-corrected chi connectivity index (χ1v) is 13.2. The molecule has 184 valence electrons. The predicted molar refractivity (Wildman–Crippen MR) is 135 cm³/mol. The third-order valence-electron chi connectivity index (χ3n) is 6.23. The van der Waals surface area contributed by atoms with Crippen LogP contribution in [0.25, 0.3) is 0 Å². The number of halogens is 1. The molecular weight excluding hydrogens is 465 g/mol. The molecule has 0 atom stereocenters. The highest BCUT2D eigenvalue weighted by atomic mass is 32.2. The van der Waals surface area contributed by atoms with Crippen LogP contribution in [0.4, 0.5) is 10.1 Å². The zero-order chi connectivity index (χ0) is 25.0. The van der Waals surface area contributed by atoms with Crippen molar-refractivity contribution in [3.8, 4) is 0 Å². The van der Waals surface area contributed by atoms with Crippen LogP contribution in [0.5, 0.6) is 0 Å². The number of amides is 1. The molecule has 1 amide bonds. The lowest BCUT2D eigenvalue weighted by Crippen LogP contribution is -2.48. The van der Waals surface area contributed by atoms with E-state index in [-0.39, 0.29) is 22.7 Å². The van der Waals surface area contributed by atoms with E-state index in [1.54, 1.807) is 29.2 Å². The fourth-order valence-electron chi connectivity index (χ4n) is 4.21. The lowest BCUT2D eigenvalue weighted by atomic mass is 10.1. The molecule has 0 aromatic heterocycles. The Balaban J connectivity index is 1.49. The minimum Gasteiger partial charge on any atom is -0.369 e. The maximum atomic E-state index is 13.4. The van der Waals surface area contributed by atoms with Crippen LogP contribution in [0, 0.1) is 5.82 Å². The van der Waals surface area contributed by atoms with Gasteiger partial charge in [-0.1, -0.05) is 36.4 Å². The Bertz CT molecular complexity index is 1260. The van der Waals surface area contributed by atoms with E-state index >= 15 is 0 Å². The first kappa shape index (κ1) is 24.9. The summed E-state index contributed by atoms with van der Waals surface area (Å²) in [4.78, 5) is 17.2. The molecular formula is C27H30FN3O3S. The summed E-state index contributed by atoms with van der Waals surface area (Å²) in [6, 6.07) is 22.2. The zero-order valence-corrected chi connectivity index (χ0v) is 20.8. The molecule has 8 heteroatoms. The monoisotopic (exact) mass is 495 g/mol. The molecule has 1 saturated heterocycles. The number of hydrogen-bond donors (Lipinski definition) is 0. The summed E-state index contributed by atoms with van der Waals surface area (Å²) >= 11 is 0. The van der Waals surface area contributed by atoms with Crippen molar-refractivity contribution < 1.29 is 17.6 Å². The van der Waals surface area contributed by atoms with Crippen molar-refractivity contribution >= 4 is 21.6 Å². The van der Waals surface area contributed by atoms with Crippen LogP contribution >= 0.6 is 0 Å². The van der Waals surface area contributed by atoms with Crippen molar-refractivity contribution in [1.29, 1.82) is 0 Å². The van der Waals surface area contributed by atoms with Crippen LogP contribution in [0.2, 0.25) is 0 Å². The van der Waals surface area contributed by atoms with Gasteiger partial charge in [-0.15, -0.1) is 0 Å². The summed E-state index contributed by atoms with van der Waals surface area (Å²) in [6.07, 6.45) is 0. The molecule has 0 N–H and O–H groups in total. The predicted octanol–water partition coefficient (Wildman–Crippen LogP) is 4.39. The first-order valence-electron chi connectivity index (χ1n) is 11.7. The van der Waals surface area contributed by atoms with Crippen LogP contribution in [-0.2, 0) is 16.6 Å². The molecule has 0 saturated carbocycles. The minimum atomic E-state index is -3.76. The largest absolute Gasteiger partial charge is 0.369 e. The number of rotatable bonds is 7. The third-order valence-corrected chi connectivity index (χ3v) is 8.12. The van der Waals surface area contributed by atoms with Crippen molar-refractivity contribution in [2.45, 2.75) is 31.3 Å². The van der Waals surface area contributed by atoms with Gasteiger partial charge in [0.15, 0.2) is 0 Å². The minimum absolute atomic E-state index is 0.0532. The highest BCUT2D eigenvalue weighted by Gasteiger charge is 2.30. The molecule has 6 nitrogen and oxygen atoms in total. The second kappa shape index (κ2) is 10.6. The molecule has 1 fully saturated rings. The molecule has 0 aliphatic carbocycles. The van der Waals surface area contributed by atoms with Gasteiger partial charge < -0.3 is 9.80 Å². The van der Waals surface area contributed by atoms with Gasteiger partial charge in [0, 0.05) is 50.0 Å². The Morgan fingerprint density at radius 2 is 1.57 bits per heavy atom. The number of anilines is 1. The van der Waals surface area contributed by atoms with E-state index in [0.717, 1.165) is 11.3 Å². The van der Waals surface area contributed by atoms with Crippen LogP contribution in [-0.4, -0.2) is 55.8 Å². The number of benzene rings is 3. The molecule has 1 aliphatic rings. The quantitative estimate of drug-likeness (QED) is 0.488. The average molecular weight is 496 g/mol. The van der Waals surface area contributed by atoms with Crippen molar-refractivity contribution in [3.63, 3.8) is 0 Å². The number of carbonyl (C=O) groups is 1. The highest BCUT2D eigenvalue weighted by molar-refractivity contribution is 7.89. The number of nitrogens with zero attached hydrogens (tertiary/aromatic N) is 3. The standard InChI is InChI=1S/C27H30FN3O3S/c1-21(2)31(20-22-7-4-3-5-8-22)27(32)23-9-6-10-26(19-23)35(33,34)30-17-15-29(16-18-30)25-13-11-24(28)12-14-25/h3-14,19,21H,15-18,20H2,1-2H3. The van der Waals surface area contributed by atoms with E-state index in [2.05, 4.69) is 0 Å². The summed E-state index contributed by atoms with van der Waals surface area (Å²) < 4.78 is 41.4. The van der Waals surface area contributed by atoms with E-state index in [4.69, 9.17) is 0 Å². The average Bonchev–Trinajstić information content (AvgIpc) is 2.88. The fraction of sp³-hybridized carbons (Fsp3) is 0.296. The van der Waals surface area contributed by atoms with Crippen LogP contribution in [0.1, 0.15) is 29.8 Å². The SMILES string of the molecule is CC(C)N(Cc1ccccc1)C(=O)c1cccc(S(=O)(=O)N2CCN(c3ccc(F)cc3)CC2)c1. The lowest BCUT2D eigenvalue weighted by molar-refractivity contribution is 0.0690. The number of carbonyl (C=O) groups excluding carboxylic acids is 1. The lowest BCUT2D eigenvalue weighted by Gasteiger charge is -2.35. The molecule has 1 heterocycles. The number of piperazine rings is 1. The number of hydrogen-bond acceptors (Lipinski definition) is 4. The fourth-order valence-corrected chi connectivity index (χ4v) is 5.68. The summed E-state index contributed by atoms with van der Waals surface area (Å²) in [5.41, 5.74) is 2.22. The van der Waals surface area contributed by atoms with Gasteiger partial charge in [0.05, 0.1) is 4.90 Å². The topological polar surface area (TPSA) is 60.9 Å². The van der Waals surface area contributed by atoms with Crippen LogP contribution < -0.4 is 4.90 Å². The summed E-state index contributed by atoms with van der Waals surface area (Å²) in [5, 5.41) is 0. The maximum absolute atomic E-state index is 13.4. The zero-order valence-electron chi connectivity index (χ0n) is 20.0. The van der Waals surface area contributed by atoms with Gasteiger partial charge in [0.1, 0.15) is 5.82 Å². The Kier molecular flexibility index (Phi) is 7.52.